The highest BCUT2D eigenvalue weighted by atomic mass is 35.5. The zero-order chi connectivity index (χ0) is 17.3. The molecular formula is C16H15Cl2N5O. The zero-order valence-corrected chi connectivity index (χ0v) is 14.6. The van der Waals surface area contributed by atoms with Crippen molar-refractivity contribution < 1.29 is 4.79 Å². The Balaban J connectivity index is 1.76. The van der Waals surface area contributed by atoms with Crippen LogP contribution in [0.15, 0.2) is 36.4 Å². The van der Waals surface area contributed by atoms with E-state index in [4.69, 9.17) is 23.2 Å². The van der Waals surface area contributed by atoms with Gasteiger partial charge in [-0.1, -0.05) is 53.5 Å². The molecule has 0 saturated heterocycles. The molecule has 0 spiro atoms. The minimum atomic E-state index is -0.239. The lowest BCUT2D eigenvalue weighted by Crippen LogP contribution is -2.21. The Kier molecular flexibility index (Phi) is 4.59. The molecule has 0 atom stereocenters. The topological polar surface area (TPSA) is 64.7 Å². The van der Waals surface area contributed by atoms with Crippen molar-refractivity contribution >= 4 is 34.9 Å². The van der Waals surface area contributed by atoms with Crippen LogP contribution in [0.2, 0.25) is 10.3 Å². The Morgan fingerprint density at radius 1 is 1.25 bits per heavy atom. The number of benzene rings is 1. The summed E-state index contributed by atoms with van der Waals surface area (Å²) in [5.41, 5.74) is 1.77. The third-order valence-corrected chi connectivity index (χ3v) is 4.32. The van der Waals surface area contributed by atoms with Gasteiger partial charge >= 0.3 is 0 Å². The minimum absolute atomic E-state index is 0.0240. The molecule has 1 N–H and O–H groups in total. The Labute approximate surface area is 149 Å². The van der Waals surface area contributed by atoms with Gasteiger partial charge in [-0.25, -0.2) is 4.98 Å². The number of aryl methyl sites for hydroxylation is 2. The SMILES string of the molecule is Cc1nc(Cl)c(Cl)n1CC(=O)Nc1cc(-c2ccccc2)nn1C. The molecule has 8 heteroatoms. The first kappa shape index (κ1) is 16.5. The lowest BCUT2D eigenvalue weighted by atomic mass is 10.2. The van der Waals surface area contributed by atoms with Crippen LogP contribution in [0.3, 0.4) is 0 Å². The van der Waals surface area contributed by atoms with Crippen LogP contribution >= 0.6 is 23.2 Å². The van der Waals surface area contributed by atoms with Gasteiger partial charge in [0.05, 0.1) is 5.69 Å². The molecule has 6 nitrogen and oxygen atoms in total. The van der Waals surface area contributed by atoms with Crippen LogP contribution < -0.4 is 5.32 Å². The largest absolute Gasteiger partial charge is 0.309 e. The molecule has 1 amide bonds. The number of aromatic nitrogens is 4. The van der Waals surface area contributed by atoms with Gasteiger partial charge in [-0.2, -0.15) is 5.10 Å². The zero-order valence-electron chi connectivity index (χ0n) is 13.1. The van der Waals surface area contributed by atoms with Gasteiger partial charge in [-0.3, -0.25) is 9.48 Å². The molecule has 124 valence electrons. The molecule has 2 aromatic heterocycles. The number of hydrogen-bond acceptors (Lipinski definition) is 3. The lowest BCUT2D eigenvalue weighted by molar-refractivity contribution is -0.116. The number of rotatable bonds is 4. The summed E-state index contributed by atoms with van der Waals surface area (Å²) in [6.45, 7) is 1.76. The Morgan fingerprint density at radius 3 is 2.58 bits per heavy atom. The molecule has 2 heterocycles. The molecule has 0 bridgehead atoms. The maximum atomic E-state index is 12.3. The smallest absolute Gasteiger partial charge is 0.245 e. The van der Waals surface area contributed by atoms with Gasteiger partial charge in [0.2, 0.25) is 5.91 Å². The van der Waals surface area contributed by atoms with Crippen molar-refractivity contribution in [2.75, 3.05) is 5.32 Å². The van der Waals surface area contributed by atoms with Crippen LogP contribution in [-0.4, -0.2) is 25.2 Å². The minimum Gasteiger partial charge on any atom is -0.309 e. The van der Waals surface area contributed by atoms with E-state index in [1.54, 1.807) is 23.2 Å². The van der Waals surface area contributed by atoms with Gasteiger partial charge in [0.1, 0.15) is 23.3 Å². The van der Waals surface area contributed by atoms with Crippen LogP contribution in [-0.2, 0) is 18.4 Å². The van der Waals surface area contributed by atoms with E-state index in [9.17, 15) is 4.79 Å². The number of halogens is 2. The Morgan fingerprint density at radius 2 is 1.96 bits per heavy atom. The predicted octanol–water partition coefficient (Wildman–Crippen LogP) is 3.54. The number of anilines is 1. The monoisotopic (exact) mass is 363 g/mol. The second-order valence-electron chi connectivity index (χ2n) is 5.28. The second kappa shape index (κ2) is 6.67. The molecule has 0 aliphatic carbocycles. The first-order valence-electron chi connectivity index (χ1n) is 7.23. The maximum absolute atomic E-state index is 12.3. The third kappa shape index (κ3) is 3.29. The quantitative estimate of drug-likeness (QED) is 0.770. The Hall–Kier alpha value is -2.31. The van der Waals surface area contributed by atoms with Crippen molar-refractivity contribution in [2.45, 2.75) is 13.5 Å². The second-order valence-corrected chi connectivity index (χ2v) is 6.00. The fourth-order valence-corrected chi connectivity index (χ4v) is 2.79. The standard InChI is InChI=1S/C16H15Cl2N5O/c1-10-19-15(17)16(18)23(10)9-14(24)20-13-8-12(21-22(13)2)11-6-4-3-5-7-11/h3-8H,9H2,1-2H3,(H,20,24). The number of amides is 1. The van der Waals surface area contributed by atoms with Crippen molar-refractivity contribution in [2.24, 2.45) is 7.05 Å². The molecule has 0 unspecified atom stereocenters. The summed E-state index contributed by atoms with van der Waals surface area (Å²) < 4.78 is 3.17. The van der Waals surface area contributed by atoms with E-state index in [1.807, 2.05) is 36.4 Å². The summed E-state index contributed by atoms with van der Waals surface area (Å²) in [6.07, 6.45) is 0. The van der Waals surface area contributed by atoms with E-state index in [1.165, 1.54) is 0 Å². The summed E-state index contributed by atoms with van der Waals surface area (Å²) in [5, 5.41) is 7.68. The maximum Gasteiger partial charge on any atom is 0.245 e. The number of nitrogens with zero attached hydrogens (tertiary/aromatic N) is 4. The van der Waals surface area contributed by atoms with Crippen molar-refractivity contribution in [1.82, 2.24) is 19.3 Å². The molecule has 0 saturated carbocycles. The van der Waals surface area contributed by atoms with Crippen molar-refractivity contribution in [3.8, 4) is 11.3 Å². The van der Waals surface area contributed by atoms with Crippen LogP contribution in [0.4, 0.5) is 5.82 Å². The molecule has 3 rings (SSSR count). The summed E-state index contributed by atoms with van der Waals surface area (Å²) in [5.74, 6) is 0.936. The normalized spacial score (nSPS) is 10.8. The van der Waals surface area contributed by atoms with Gasteiger partial charge < -0.3 is 9.88 Å². The first-order valence-corrected chi connectivity index (χ1v) is 7.98. The van der Waals surface area contributed by atoms with E-state index in [0.29, 0.717) is 11.6 Å². The highest BCUT2D eigenvalue weighted by Crippen LogP contribution is 2.23. The molecule has 24 heavy (non-hydrogen) atoms. The summed E-state index contributed by atoms with van der Waals surface area (Å²) in [6, 6.07) is 11.6. The first-order chi connectivity index (χ1) is 11.5. The molecule has 3 aromatic rings. The number of nitrogens with one attached hydrogen (secondary N) is 1. The van der Waals surface area contributed by atoms with E-state index < -0.39 is 0 Å². The van der Waals surface area contributed by atoms with Gasteiger partial charge in [0, 0.05) is 18.7 Å². The van der Waals surface area contributed by atoms with Gasteiger partial charge in [0.15, 0.2) is 5.15 Å². The van der Waals surface area contributed by atoms with Crippen molar-refractivity contribution in [3.05, 3.63) is 52.5 Å². The van der Waals surface area contributed by atoms with Crippen LogP contribution in [0.1, 0.15) is 5.82 Å². The lowest BCUT2D eigenvalue weighted by Gasteiger charge is -2.08. The van der Waals surface area contributed by atoms with Crippen LogP contribution in [0.25, 0.3) is 11.3 Å². The van der Waals surface area contributed by atoms with Gasteiger partial charge in [-0.05, 0) is 6.92 Å². The van der Waals surface area contributed by atoms with Gasteiger partial charge in [-0.15, -0.1) is 0 Å². The predicted molar refractivity (Wildman–Crippen MR) is 94.3 cm³/mol. The molecule has 1 aromatic carbocycles. The van der Waals surface area contributed by atoms with Gasteiger partial charge in [0.25, 0.3) is 0 Å². The van der Waals surface area contributed by atoms with E-state index in [0.717, 1.165) is 11.3 Å². The van der Waals surface area contributed by atoms with Crippen LogP contribution in [0, 0.1) is 6.92 Å². The molecule has 0 fully saturated rings. The molecule has 0 radical (unpaired) electrons. The van der Waals surface area contributed by atoms with Crippen LogP contribution in [0.5, 0.6) is 0 Å². The molecular weight excluding hydrogens is 349 g/mol. The fourth-order valence-electron chi connectivity index (χ4n) is 2.35. The van der Waals surface area contributed by atoms with Crippen molar-refractivity contribution in [1.29, 1.82) is 0 Å². The van der Waals surface area contributed by atoms with E-state index >= 15 is 0 Å². The van der Waals surface area contributed by atoms with E-state index in [-0.39, 0.29) is 22.8 Å². The highest BCUT2D eigenvalue weighted by molar-refractivity contribution is 6.40. The summed E-state index contributed by atoms with van der Waals surface area (Å²) in [7, 11) is 1.77. The number of imidazole rings is 1. The number of carbonyl (C=O) groups excluding carboxylic acids is 1. The number of hydrogen-bond donors (Lipinski definition) is 1. The third-order valence-electron chi connectivity index (χ3n) is 3.58. The van der Waals surface area contributed by atoms with Crippen molar-refractivity contribution in [3.63, 3.8) is 0 Å². The Bertz CT molecular complexity index is 886. The summed E-state index contributed by atoms with van der Waals surface area (Å²) >= 11 is 11.9. The van der Waals surface area contributed by atoms with E-state index in [2.05, 4.69) is 15.4 Å². The average Bonchev–Trinajstić information content (AvgIpc) is 3.03. The summed E-state index contributed by atoms with van der Waals surface area (Å²) in [4.78, 5) is 16.3. The molecule has 0 aliphatic heterocycles. The number of carbonyl (C=O) groups is 1. The average molecular weight is 364 g/mol. The fraction of sp³-hybridized carbons (Fsp3) is 0.188. The highest BCUT2D eigenvalue weighted by Gasteiger charge is 2.15. The molecule has 0 aliphatic rings.